The zero-order valence-corrected chi connectivity index (χ0v) is 17.4. The van der Waals surface area contributed by atoms with Crippen LogP contribution in [-0.2, 0) is 26.0 Å². The van der Waals surface area contributed by atoms with Crippen molar-refractivity contribution in [3.8, 4) is 5.75 Å². The number of carbonyl (C=O) groups is 2. The Morgan fingerprint density at radius 3 is 2.30 bits per heavy atom. The highest BCUT2D eigenvalue weighted by Crippen LogP contribution is 2.17. The third-order valence-electron chi connectivity index (χ3n) is 4.40. The minimum Gasteiger partial charge on any atom is -0.494 e. The number of unbranched alkanes of at least 4 members (excludes halogenated alkanes) is 1. The van der Waals surface area contributed by atoms with E-state index in [0.29, 0.717) is 36.3 Å². The van der Waals surface area contributed by atoms with Crippen LogP contribution in [0, 0.1) is 6.92 Å². The van der Waals surface area contributed by atoms with Crippen LogP contribution in [0.4, 0.5) is 0 Å². The third-order valence-corrected chi connectivity index (χ3v) is 6.03. The molecule has 0 radical (unpaired) electrons. The number of benzene rings is 2. The summed E-state index contributed by atoms with van der Waals surface area (Å²) in [4.78, 5) is 22.1. The van der Waals surface area contributed by atoms with Gasteiger partial charge in [-0.2, -0.15) is 4.72 Å². The topological polar surface area (TPSA) is 130 Å². The van der Waals surface area contributed by atoms with E-state index in [1.165, 1.54) is 6.07 Å². The first-order chi connectivity index (χ1) is 14.2. The smallest absolute Gasteiger partial charge is 0.322 e. The lowest BCUT2D eigenvalue weighted by molar-refractivity contribution is -0.139. The molecule has 0 aliphatic rings. The van der Waals surface area contributed by atoms with Gasteiger partial charge >= 0.3 is 11.9 Å². The Morgan fingerprint density at radius 2 is 1.70 bits per heavy atom. The summed E-state index contributed by atoms with van der Waals surface area (Å²) in [7, 11) is -3.98. The number of hydrogen-bond donors (Lipinski definition) is 3. The second-order valence-corrected chi connectivity index (χ2v) is 8.51. The SMILES string of the molecule is Cc1ccccc1S(=O)(=O)N[C@@H](Cc1ccc(OCCCCC(=O)O)cc1)C(=O)O. The van der Waals surface area contributed by atoms with Crippen molar-refractivity contribution in [2.75, 3.05) is 6.61 Å². The lowest BCUT2D eigenvalue weighted by Gasteiger charge is -2.16. The summed E-state index contributed by atoms with van der Waals surface area (Å²) in [5.74, 6) is -1.54. The summed E-state index contributed by atoms with van der Waals surface area (Å²) in [5, 5.41) is 18.1. The monoisotopic (exact) mass is 435 g/mol. The zero-order valence-electron chi connectivity index (χ0n) is 16.6. The maximum absolute atomic E-state index is 12.6. The molecule has 0 aromatic heterocycles. The maximum Gasteiger partial charge on any atom is 0.322 e. The van der Waals surface area contributed by atoms with Gasteiger partial charge < -0.3 is 14.9 Å². The van der Waals surface area contributed by atoms with Crippen LogP contribution in [0.5, 0.6) is 5.75 Å². The van der Waals surface area contributed by atoms with Gasteiger partial charge in [-0.25, -0.2) is 8.42 Å². The standard InChI is InChI=1S/C21H25NO7S/c1-15-6-2-3-7-19(15)30(27,28)22-18(21(25)26)14-16-9-11-17(12-10-16)29-13-5-4-8-20(23)24/h2-3,6-7,9-12,18,22H,4-5,8,13-14H2,1H3,(H,23,24)(H,25,26)/t18-/m0/s1. The average molecular weight is 435 g/mol. The number of rotatable bonds is 12. The summed E-state index contributed by atoms with van der Waals surface area (Å²) in [5.41, 5.74) is 1.16. The molecule has 0 bridgehead atoms. The van der Waals surface area contributed by atoms with E-state index in [9.17, 15) is 23.1 Å². The van der Waals surface area contributed by atoms with Crippen molar-refractivity contribution in [1.29, 1.82) is 0 Å². The molecule has 162 valence electrons. The summed E-state index contributed by atoms with van der Waals surface area (Å²) in [6, 6.07) is 11.7. The molecule has 8 nitrogen and oxygen atoms in total. The van der Waals surface area contributed by atoms with Crippen molar-refractivity contribution in [3.63, 3.8) is 0 Å². The van der Waals surface area contributed by atoms with E-state index in [4.69, 9.17) is 9.84 Å². The minimum atomic E-state index is -3.98. The largest absolute Gasteiger partial charge is 0.494 e. The molecule has 0 amide bonds. The molecule has 0 saturated heterocycles. The number of hydrogen-bond acceptors (Lipinski definition) is 5. The normalized spacial score (nSPS) is 12.3. The predicted octanol–water partition coefficient (Wildman–Crippen LogP) is 2.60. The fourth-order valence-electron chi connectivity index (χ4n) is 2.81. The summed E-state index contributed by atoms with van der Waals surface area (Å²) in [6.45, 7) is 2.02. The van der Waals surface area contributed by atoms with Gasteiger partial charge in [0.2, 0.25) is 10.0 Å². The van der Waals surface area contributed by atoms with Crippen molar-refractivity contribution in [2.24, 2.45) is 0 Å². The van der Waals surface area contributed by atoms with E-state index in [1.54, 1.807) is 49.4 Å². The molecule has 0 unspecified atom stereocenters. The summed E-state index contributed by atoms with van der Waals surface area (Å²) < 4.78 is 33.0. The maximum atomic E-state index is 12.6. The molecule has 2 aromatic rings. The molecule has 0 saturated carbocycles. The zero-order chi connectivity index (χ0) is 22.1. The summed E-state index contributed by atoms with van der Waals surface area (Å²) >= 11 is 0. The van der Waals surface area contributed by atoms with E-state index in [-0.39, 0.29) is 17.7 Å². The first-order valence-electron chi connectivity index (χ1n) is 9.43. The average Bonchev–Trinajstić information content (AvgIpc) is 2.68. The Balaban J connectivity index is 1.97. The molecular formula is C21H25NO7S. The molecule has 0 spiro atoms. The molecule has 0 heterocycles. The molecule has 2 aromatic carbocycles. The third kappa shape index (κ3) is 7.16. The Bertz CT molecular complexity index is 971. The van der Waals surface area contributed by atoms with Crippen LogP contribution < -0.4 is 9.46 Å². The van der Waals surface area contributed by atoms with Crippen LogP contribution in [0.1, 0.15) is 30.4 Å². The van der Waals surface area contributed by atoms with Gasteiger partial charge in [0.25, 0.3) is 0 Å². The molecule has 9 heteroatoms. The number of carboxylic acid groups (broad SMARTS) is 2. The fourth-order valence-corrected chi connectivity index (χ4v) is 4.25. The highest BCUT2D eigenvalue weighted by molar-refractivity contribution is 7.89. The number of carboxylic acids is 2. The number of aliphatic carboxylic acids is 2. The fraction of sp³-hybridized carbons (Fsp3) is 0.333. The van der Waals surface area contributed by atoms with E-state index in [1.807, 2.05) is 0 Å². The van der Waals surface area contributed by atoms with Crippen LogP contribution >= 0.6 is 0 Å². The van der Waals surface area contributed by atoms with Gasteiger partial charge in [0, 0.05) is 6.42 Å². The molecule has 0 fully saturated rings. The van der Waals surface area contributed by atoms with E-state index in [0.717, 1.165) is 0 Å². The molecule has 1 atom stereocenters. The first kappa shape index (κ1) is 23.4. The highest BCUT2D eigenvalue weighted by atomic mass is 32.2. The molecule has 2 rings (SSSR count). The summed E-state index contributed by atoms with van der Waals surface area (Å²) in [6.07, 6.45) is 1.20. The van der Waals surface area contributed by atoms with Gasteiger partial charge in [0.1, 0.15) is 11.8 Å². The van der Waals surface area contributed by atoms with Crippen LogP contribution in [0.3, 0.4) is 0 Å². The lowest BCUT2D eigenvalue weighted by Crippen LogP contribution is -2.42. The van der Waals surface area contributed by atoms with Crippen molar-refractivity contribution in [3.05, 3.63) is 59.7 Å². The van der Waals surface area contributed by atoms with Crippen molar-refractivity contribution in [2.45, 2.75) is 43.5 Å². The van der Waals surface area contributed by atoms with Crippen molar-refractivity contribution in [1.82, 2.24) is 4.72 Å². The van der Waals surface area contributed by atoms with Crippen molar-refractivity contribution < 1.29 is 33.0 Å². The van der Waals surface area contributed by atoms with Gasteiger partial charge in [0.15, 0.2) is 0 Å². The van der Waals surface area contributed by atoms with Crippen LogP contribution in [0.15, 0.2) is 53.4 Å². The Labute approximate surface area is 175 Å². The second-order valence-electron chi connectivity index (χ2n) is 6.82. The lowest BCUT2D eigenvalue weighted by atomic mass is 10.1. The first-order valence-corrected chi connectivity index (χ1v) is 10.9. The van der Waals surface area contributed by atoms with Gasteiger partial charge in [-0.3, -0.25) is 9.59 Å². The minimum absolute atomic E-state index is 0.0284. The van der Waals surface area contributed by atoms with Gasteiger partial charge in [-0.1, -0.05) is 30.3 Å². The van der Waals surface area contributed by atoms with E-state index < -0.39 is 28.0 Å². The molecular weight excluding hydrogens is 410 g/mol. The predicted molar refractivity (Wildman–Crippen MR) is 110 cm³/mol. The van der Waals surface area contributed by atoms with Gasteiger partial charge in [-0.15, -0.1) is 0 Å². The number of ether oxygens (including phenoxy) is 1. The highest BCUT2D eigenvalue weighted by Gasteiger charge is 2.26. The number of aryl methyl sites for hydroxylation is 1. The number of nitrogens with one attached hydrogen (secondary N) is 1. The molecule has 0 aliphatic carbocycles. The van der Waals surface area contributed by atoms with E-state index in [2.05, 4.69) is 4.72 Å². The van der Waals surface area contributed by atoms with Crippen LogP contribution in [0.2, 0.25) is 0 Å². The Morgan fingerprint density at radius 1 is 1.03 bits per heavy atom. The van der Waals surface area contributed by atoms with E-state index >= 15 is 0 Å². The van der Waals surface area contributed by atoms with Gasteiger partial charge in [-0.05, 0) is 55.5 Å². The molecule has 30 heavy (non-hydrogen) atoms. The molecule has 0 aliphatic heterocycles. The Hall–Kier alpha value is -2.91. The van der Waals surface area contributed by atoms with Gasteiger partial charge in [0.05, 0.1) is 11.5 Å². The van der Waals surface area contributed by atoms with Crippen LogP contribution in [-0.4, -0.2) is 43.2 Å². The van der Waals surface area contributed by atoms with Crippen LogP contribution in [0.25, 0.3) is 0 Å². The molecule has 3 N–H and O–H groups in total. The Kier molecular flexibility index (Phi) is 8.37. The quantitative estimate of drug-likeness (QED) is 0.437. The second kappa shape index (κ2) is 10.7. The van der Waals surface area contributed by atoms with Crippen molar-refractivity contribution >= 4 is 22.0 Å². The number of sulfonamides is 1.